The van der Waals surface area contributed by atoms with Crippen molar-refractivity contribution in [3.05, 3.63) is 47.8 Å². The lowest BCUT2D eigenvalue weighted by atomic mass is 10.4. The maximum absolute atomic E-state index is 11.8. The Balaban J connectivity index is 0.000000235. The van der Waals surface area contributed by atoms with Crippen LogP contribution in [0.25, 0.3) is 0 Å². The van der Waals surface area contributed by atoms with E-state index >= 15 is 0 Å². The SMILES string of the molecule is Cc1cccc(N)n1.Cc1cccc(NCC(F)(F)F)n1. The molecule has 0 bridgehead atoms. The Labute approximate surface area is 121 Å². The van der Waals surface area contributed by atoms with Crippen molar-refractivity contribution in [2.45, 2.75) is 20.0 Å². The van der Waals surface area contributed by atoms with Crippen LogP contribution in [0.5, 0.6) is 0 Å². The molecule has 0 spiro atoms. The van der Waals surface area contributed by atoms with Crippen molar-refractivity contribution in [3.8, 4) is 0 Å². The number of pyridine rings is 2. The Morgan fingerprint density at radius 1 is 1.00 bits per heavy atom. The fourth-order valence-electron chi connectivity index (χ4n) is 1.40. The zero-order valence-corrected chi connectivity index (χ0v) is 11.8. The predicted molar refractivity (Wildman–Crippen MR) is 76.9 cm³/mol. The van der Waals surface area contributed by atoms with Crippen LogP contribution in [0.4, 0.5) is 24.8 Å². The molecule has 2 aromatic heterocycles. The van der Waals surface area contributed by atoms with Gasteiger partial charge in [0.1, 0.15) is 18.2 Å². The van der Waals surface area contributed by atoms with Gasteiger partial charge in [-0.3, -0.25) is 0 Å². The molecule has 7 heteroatoms. The maximum Gasteiger partial charge on any atom is 0.405 e. The van der Waals surface area contributed by atoms with Crippen LogP contribution in [0.15, 0.2) is 36.4 Å². The molecule has 0 aliphatic heterocycles. The summed E-state index contributed by atoms with van der Waals surface area (Å²) in [6, 6.07) is 10.4. The Morgan fingerprint density at radius 3 is 2.00 bits per heavy atom. The third-order valence-corrected chi connectivity index (χ3v) is 2.27. The van der Waals surface area contributed by atoms with Crippen LogP contribution >= 0.6 is 0 Å². The highest BCUT2D eigenvalue weighted by Gasteiger charge is 2.26. The average Bonchev–Trinajstić information content (AvgIpc) is 2.36. The molecular formula is C14H17F3N4. The van der Waals surface area contributed by atoms with Crippen LogP contribution in [0.2, 0.25) is 0 Å². The first-order valence-electron chi connectivity index (χ1n) is 6.20. The van der Waals surface area contributed by atoms with Gasteiger partial charge < -0.3 is 11.1 Å². The molecule has 0 aliphatic rings. The predicted octanol–water partition coefficient (Wildman–Crippen LogP) is 3.34. The van der Waals surface area contributed by atoms with Gasteiger partial charge in [-0.05, 0) is 38.1 Å². The summed E-state index contributed by atoms with van der Waals surface area (Å²) in [4.78, 5) is 7.82. The third kappa shape index (κ3) is 7.76. The number of anilines is 2. The number of aryl methyl sites for hydroxylation is 2. The minimum Gasteiger partial charge on any atom is -0.384 e. The first-order chi connectivity index (χ1) is 9.76. The van der Waals surface area contributed by atoms with Crippen molar-refractivity contribution in [1.82, 2.24) is 9.97 Å². The number of nitrogens with zero attached hydrogens (tertiary/aromatic N) is 2. The summed E-state index contributed by atoms with van der Waals surface area (Å²) in [6.07, 6.45) is -4.20. The van der Waals surface area contributed by atoms with Crippen LogP contribution < -0.4 is 11.1 Å². The van der Waals surface area contributed by atoms with Crippen molar-refractivity contribution < 1.29 is 13.2 Å². The van der Waals surface area contributed by atoms with Crippen molar-refractivity contribution >= 4 is 11.6 Å². The van der Waals surface area contributed by atoms with Crippen molar-refractivity contribution in [2.24, 2.45) is 0 Å². The van der Waals surface area contributed by atoms with Crippen LogP contribution in [-0.2, 0) is 0 Å². The molecule has 21 heavy (non-hydrogen) atoms. The largest absolute Gasteiger partial charge is 0.405 e. The molecule has 2 aromatic rings. The molecule has 0 atom stereocenters. The summed E-state index contributed by atoms with van der Waals surface area (Å²) in [7, 11) is 0. The monoisotopic (exact) mass is 298 g/mol. The molecule has 114 valence electrons. The van der Waals surface area contributed by atoms with E-state index in [1.807, 2.05) is 19.1 Å². The number of nitrogen functional groups attached to an aromatic ring is 1. The minimum atomic E-state index is -4.20. The summed E-state index contributed by atoms with van der Waals surface area (Å²) in [5.41, 5.74) is 7.00. The van der Waals surface area contributed by atoms with Crippen molar-refractivity contribution in [2.75, 3.05) is 17.6 Å². The number of halogens is 3. The molecule has 0 saturated carbocycles. The number of hydrogen-bond acceptors (Lipinski definition) is 4. The van der Waals surface area contributed by atoms with E-state index in [4.69, 9.17) is 5.73 Å². The van der Waals surface area contributed by atoms with Gasteiger partial charge in [0, 0.05) is 11.4 Å². The molecule has 0 aliphatic carbocycles. The lowest BCUT2D eigenvalue weighted by Gasteiger charge is -2.08. The molecular weight excluding hydrogens is 281 g/mol. The highest BCUT2D eigenvalue weighted by Crippen LogP contribution is 2.15. The van der Waals surface area contributed by atoms with Gasteiger partial charge in [-0.15, -0.1) is 0 Å². The summed E-state index contributed by atoms with van der Waals surface area (Å²) in [5, 5.41) is 2.19. The standard InChI is InChI=1S/C8H9F3N2.C6H8N2/c1-6-3-2-4-7(13-6)12-5-8(9,10)11;1-5-3-2-4-6(7)8-5/h2-4H,5H2,1H3,(H,12,13);2-4H,1H3,(H2,7,8). The Morgan fingerprint density at radius 2 is 1.57 bits per heavy atom. The number of aromatic nitrogens is 2. The van der Waals surface area contributed by atoms with E-state index in [9.17, 15) is 13.2 Å². The number of rotatable bonds is 2. The Bertz CT molecular complexity index is 553. The second-order valence-electron chi connectivity index (χ2n) is 4.34. The summed E-state index contributed by atoms with van der Waals surface area (Å²) in [6.45, 7) is 2.58. The summed E-state index contributed by atoms with van der Waals surface area (Å²) in [5.74, 6) is 0.835. The number of alkyl halides is 3. The zero-order valence-electron chi connectivity index (χ0n) is 11.8. The smallest absolute Gasteiger partial charge is 0.384 e. The fraction of sp³-hybridized carbons (Fsp3) is 0.286. The second kappa shape index (κ2) is 7.47. The molecule has 3 N–H and O–H groups in total. The van der Waals surface area contributed by atoms with E-state index in [2.05, 4.69) is 15.3 Å². The van der Waals surface area contributed by atoms with Gasteiger partial charge in [0.15, 0.2) is 0 Å². The van der Waals surface area contributed by atoms with Gasteiger partial charge in [0.05, 0.1) is 0 Å². The van der Waals surface area contributed by atoms with E-state index < -0.39 is 12.7 Å². The second-order valence-corrected chi connectivity index (χ2v) is 4.34. The van der Waals surface area contributed by atoms with E-state index in [0.717, 1.165) is 5.69 Å². The highest BCUT2D eigenvalue weighted by molar-refractivity contribution is 5.35. The van der Waals surface area contributed by atoms with Gasteiger partial charge in [-0.25, -0.2) is 9.97 Å². The molecule has 2 rings (SSSR count). The van der Waals surface area contributed by atoms with Gasteiger partial charge in [0.25, 0.3) is 0 Å². The highest BCUT2D eigenvalue weighted by atomic mass is 19.4. The molecule has 0 saturated heterocycles. The summed E-state index contributed by atoms with van der Waals surface area (Å²) < 4.78 is 35.3. The first kappa shape index (κ1) is 16.7. The number of nitrogens with one attached hydrogen (secondary N) is 1. The van der Waals surface area contributed by atoms with Crippen molar-refractivity contribution in [1.29, 1.82) is 0 Å². The van der Waals surface area contributed by atoms with Crippen LogP contribution in [0.3, 0.4) is 0 Å². The molecule has 0 unspecified atom stereocenters. The van der Waals surface area contributed by atoms with Gasteiger partial charge in [-0.1, -0.05) is 12.1 Å². The normalized spacial score (nSPS) is 10.5. The van der Waals surface area contributed by atoms with Gasteiger partial charge >= 0.3 is 6.18 Å². The molecule has 0 aromatic carbocycles. The van der Waals surface area contributed by atoms with E-state index in [-0.39, 0.29) is 5.82 Å². The van der Waals surface area contributed by atoms with Gasteiger partial charge in [-0.2, -0.15) is 13.2 Å². The zero-order chi connectivity index (χ0) is 15.9. The molecule has 4 nitrogen and oxygen atoms in total. The van der Waals surface area contributed by atoms with E-state index in [1.54, 1.807) is 25.1 Å². The van der Waals surface area contributed by atoms with Gasteiger partial charge in [0.2, 0.25) is 0 Å². The fourth-order valence-corrected chi connectivity index (χ4v) is 1.40. The quantitative estimate of drug-likeness (QED) is 0.892. The Kier molecular flexibility index (Phi) is 5.95. The number of nitrogens with two attached hydrogens (primary N) is 1. The molecule has 2 heterocycles. The molecule has 0 radical (unpaired) electrons. The van der Waals surface area contributed by atoms with Crippen LogP contribution in [-0.4, -0.2) is 22.7 Å². The molecule has 0 fully saturated rings. The van der Waals surface area contributed by atoms with Crippen molar-refractivity contribution in [3.63, 3.8) is 0 Å². The number of hydrogen-bond donors (Lipinski definition) is 2. The minimum absolute atomic E-state index is 0.248. The van der Waals surface area contributed by atoms with E-state index in [1.165, 1.54) is 6.07 Å². The summed E-state index contributed by atoms with van der Waals surface area (Å²) >= 11 is 0. The maximum atomic E-state index is 11.8. The lowest BCUT2D eigenvalue weighted by Crippen LogP contribution is -2.21. The van der Waals surface area contributed by atoms with E-state index in [0.29, 0.717) is 11.5 Å². The van der Waals surface area contributed by atoms with Crippen LogP contribution in [0, 0.1) is 13.8 Å². The Hall–Kier alpha value is -2.31. The lowest BCUT2D eigenvalue weighted by molar-refractivity contribution is -0.115. The third-order valence-electron chi connectivity index (χ3n) is 2.27. The topological polar surface area (TPSA) is 63.8 Å². The molecule has 0 amide bonds. The van der Waals surface area contributed by atoms with Crippen LogP contribution in [0.1, 0.15) is 11.4 Å². The first-order valence-corrected chi connectivity index (χ1v) is 6.20. The average molecular weight is 298 g/mol.